The first kappa shape index (κ1) is 8.91. The lowest BCUT2D eigenvalue weighted by molar-refractivity contribution is 0.466. The minimum atomic E-state index is -0.662. The summed E-state index contributed by atoms with van der Waals surface area (Å²) in [6, 6.07) is 7.63. The van der Waals surface area contributed by atoms with E-state index in [1.54, 1.807) is 12.5 Å². The van der Waals surface area contributed by atoms with Crippen LogP contribution in [0, 0.1) is 12.0 Å². The number of rotatable bonds is 3. The molecule has 14 heavy (non-hydrogen) atoms. The second kappa shape index (κ2) is 4.03. The number of hydrogen-bond acceptors (Lipinski definition) is 2. The van der Waals surface area contributed by atoms with Crippen LogP contribution in [0.2, 0.25) is 0 Å². The van der Waals surface area contributed by atoms with Gasteiger partial charge in [0.1, 0.15) is 21.0 Å². The highest BCUT2D eigenvalue weighted by molar-refractivity contribution is 6.48. The molecule has 0 radical (unpaired) electrons. The molecule has 2 heterocycles. The second-order valence-corrected chi connectivity index (χ2v) is 4.62. The fourth-order valence-electron chi connectivity index (χ4n) is 1.44. The van der Waals surface area contributed by atoms with Gasteiger partial charge in [0.05, 0.1) is 18.1 Å². The third kappa shape index (κ3) is 1.65. The summed E-state index contributed by atoms with van der Waals surface area (Å²) in [5.41, 5.74) is 2.93. The lowest BCUT2D eigenvalue weighted by atomic mass is 10.2. The summed E-state index contributed by atoms with van der Waals surface area (Å²) in [5, 5.41) is 0. The van der Waals surface area contributed by atoms with Gasteiger partial charge in [0.15, 0.2) is 0 Å². The molecule has 0 aliphatic rings. The van der Waals surface area contributed by atoms with Crippen molar-refractivity contribution < 1.29 is 8.83 Å². The molecule has 0 aliphatic carbocycles. The van der Waals surface area contributed by atoms with E-state index in [1.807, 2.05) is 24.3 Å². The molecule has 0 aliphatic heterocycles. The molecular weight excluding hydrogens is 192 g/mol. The minimum Gasteiger partial charge on any atom is -0.469 e. The normalized spacial score (nSPS) is 11.1. The van der Waals surface area contributed by atoms with Crippen LogP contribution in [0.4, 0.5) is 0 Å². The monoisotopic (exact) mass is 202 g/mol. The fraction of sp³-hybridized carbons (Fsp3) is 0.0909. The average molecular weight is 202 g/mol. The molecule has 0 aromatic carbocycles. The molecule has 0 saturated heterocycles. The predicted molar refractivity (Wildman–Crippen MR) is 56.6 cm³/mol. The minimum absolute atomic E-state index is 0.171. The maximum Gasteiger partial charge on any atom is 0.126 e. The van der Waals surface area contributed by atoms with Crippen molar-refractivity contribution >= 4 is 9.52 Å². The summed E-state index contributed by atoms with van der Waals surface area (Å²) in [7, 11) is -0.662. The zero-order valence-electron chi connectivity index (χ0n) is 7.64. The first-order chi connectivity index (χ1) is 6.92. The number of furan rings is 2. The number of hydrogen-bond donors (Lipinski definition) is 0. The first-order valence-electron chi connectivity index (χ1n) is 4.42. The first-order valence-corrected chi connectivity index (χ1v) is 5.94. The summed E-state index contributed by atoms with van der Waals surface area (Å²) in [4.78, 5) is 0. The van der Waals surface area contributed by atoms with Gasteiger partial charge in [0, 0.05) is 0 Å². The maximum atomic E-state index is 5.37. The molecule has 0 saturated carbocycles. The molecule has 2 aromatic rings. The maximum absolute atomic E-state index is 5.37. The Balaban J connectivity index is 2.30. The number of terminal acetylenes is 1. The Morgan fingerprint density at radius 3 is 2.07 bits per heavy atom. The van der Waals surface area contributed by atoms with Crippen molar-refractivity contribution in [3.8, 4) is 12.0 Å². The quantitative estimate of drug-likeness (QED) is 0.559. The molecule has 2 rings (SSSR count). The Hall–Kier alpha value is -1.66. The van der Waals surface area contributed by atoms with Gasteiger partial charge in [-0.2, -0.15) is 0 Å². The molecule has 2 aromatic heterocycles. The average Bonchev–Trinajstić information content (AvgIpc) is 2.87. The summed E-state index contributed by atoms with van der Waals surface area (Å²) in [5.74, 6) is 1.81. The molecule has 2 nitrogen and oxygen atoms in total. The van der Waals surface area contributed by atoms with E-state index < -0.39 is 9.52 Å². The highest BCUT2D eigenvalue weighted by Gasteiger charge is 2.18. The van der Waals surface area contributed by atoms with Gasteiger partial charge in [-0.3, -0.25) is 0 Å². The Kier molecular flexibility index (Phi) is 2.57. The van der Waals surface area contributed by atoms with Gasteiger partial charge < -0.3 is 8.83 Å². The van der Waals surface area contributed by atoms with Crippen molar-refractivity contribution in [2.45, 2.75) is 5.54 Å². The molecule has 0 unspecified atom stereocenters. The van der Waals surface area contributed by atoms with Gasteiger partial charge >= 0.3 is 0 Å². The molecule has 0 bridgehead atoms. The van der Waals surface area contributed by atoms with Crippen LogP contribution in [0.15, 0.2) is 45.6 Å². The van der Waals surface area contributed by atoms with Crippen molar-refractivity contribution in [3.05, 3.63) is 48.3 Å². The molecule has 0 spiro atoms. The topological polar surface area (TPSA) is 26.3 Å². The zero-order valence-corrected chi connectivity index (χ0v) is 9.06. The standard InChI is InChI=1S/C11H10O2Si/c1-2-14-11(9-5-3-7-12-9)10-6-4-8-13-10/h1,3-8,11H,14H2. The summed E-state index contributed by atoms with van der Waals surface area (Å²) >= 11 is 0. The SMILES string of the molecule is C#C[SiH2]C(c1ccco1)c1ccco1. The van der Waals surface area contributed by atoms with Crippen molar-refractivity contribution in [2.24, 2.45) is 0 Å². The van der Waals surface area contributed by atoms with E-state index in [0.717, 1.165) is 11.5 Å². The van der Waals surface area contributed by atoms with E-state index in [9.17, 15) is 0 Å². The Morgan fingerprint density at radius 1 is 1.14 bits per heavy atom. The molecule has 0 atom stereocenters. The highest BCUT2D eigenvalue weighted by atomic mass is 28.2. The third-order valence-corrected chi connectivity index (χ3v) is 3.54. The van der Waals surface area contributed by atoms with Crippen LogP contribution in [0.5, 0.6) is 0 Å². The van der Waals surface area contributed by atoms with Crippen molar-refractivity contribution in [1.29, 1.82) is 0 Å². The zero-order chi connectivity index (χ0) is 9.80. The van der Waals surface area contributed by atoms with Gasteiger partial charge in [-0.25, -0.2) is 0 Å². The lowest BCUT2D eigenvalue weighted by Gasteiger charge is -2.06. The van der Waals surface area contributed by atoms with E-state index in [1.165, 1.54) is 0 Å². The van der Waals surface area contributed by atoms with Gasteiger partial charge in [-0.1, -0.05) is 0 Å². The van der Waals surface area contributed by atoms with E-state index >= 15 is 0 Å². The highest BCUT2D eigenvalue weighted by Crippen LogP contribution is 2.23. The lowest BCUT2D eigenvalue weighted by Crippen LogP contribution is -2.06. The summed E-state index contributed by atoms with van der Waals surface area (Å²) in [6.45, 7) is 0. The largest absolute Gasteiger partial charge is 0.469 e. The van der Waals surface area contributed by atoms with Gasteiger partial charge in [-0.05, 0) is 24.3 Å². The van der Waals surface area contributed by atoms with Crippen LogP contribution in [0.3, 0.4) is 0 Å². The van der Waals surface area contributed by atoms with Crippen molar-refractivity contribution in [2.75, 3.05) is 0 Å². The summed E-state index contributed by atoms with van der Waals surface area (Å²) in [6.07, 6.45) is 8.70. The van der Waals surface area contributed by atoms with Crippen LogP contribution in [-0.2, 0) is 0 Å². The molecule has 3 heteroatoms. The Bertz CT molecular complexity index is 374. The van der Waals surface area contributed by atoms with Crippen LogP contribution in [-0.4, -0.2) is 9.52 Å². The van der Waals surface area contributed by atoms with Crippen LogP contribution in [0.25, 0.3) is 0 Å². The predicted octanol–water partition coefficient (Wildman–Crippen LogP) is 1.72. The Labute approximate surface area is 84.7 Å². The van der Waals surface area contributed by atoms with Crippen molar-refractivity contribution in [3.63, 3.8) is 0 Å². The van der Waals surface area contributed by atoms with Crippen molar-refractivity contribution in [1.82, 2.24) is 0 Å². The fourth-order valence-corrected chi connectivity index (χ4v) is 2.54. The molecule has 0 amide bonds. The molecule has 0 fully saturated rings. The molecule has 0 N–H and O–H groups in total. The van der Waals surface area contributed by atoms with E-state index in [4.69, 9.17) is 15.3 Å². The van der Waals surface area contributed by atoms with Crippen LogP contribution >= 0.6 is 0 Å². The molecular formula is C11H10O2Si. The van der Waals surface area contributed by atoms with E-state index in [2.05, 4.69) is 5.54 Å². The second-order valence-electron chi connectivity index (χ2n) is 2.99. The third-order valence-electron chi connectivity index (χ3n) is 2.10. The van der Waals surface area contributed by atoms with Gasteiger partial charge in [0.2, 0.25) is 0 Å². The van der Waals surface area contributed by atoms with Crippen LogP contribution < -0.4 is 0 Å². The molecule has 70 valence electrons. The van der Waals surface area contributed by atoms with E-state index in [-0.39, 0.29) is 5.54 Å². The summed E-state index contributed by atoms with van der Waals surface area (Å²) < 4.78 is 10.7. The van der Waals surface area contributed by atoms with E-state index in [0.29, 0.717) is 0 Å². The van der Waals surface area contributed by atoms with Crippen LogP contribution in [0.1, 0.15) is 17.1 Å². The Morgan fingerprint density at radius 2 is 1.71 bits per heavy atom. The van der Waals surface area contributed by atoms with Gasteiger partial charge in [-0.15, -0.1) is 12.0 Å². The smallest absolute Gasteiger partial charge is 0.126 e. The van der Waals surface area contributed by atoms with Gasteiger partial charge in [0.25, 0.3) is 0 Å².